The number of benzene rings is 1. The van der Waals surface area contributed by atoms with Crippen molar-refractivity contribution in [3.63, 3.8) is 0 Å². The first-order valence-corrected chi connectivity index (χ1v) is 7.47. The summed E-state index contributed by atoms with van der Waals surface area (Å²) >= 11 is 0. The van der Waals surface area contributed by atoms with Crippen LogP contribution >= 0.6 is 0 Å². The highest BCUT2D eigenvalue weighted by atomic mass is 16.5. The molecule has 22 heavy (non-hydrogen) atoms. The topological polar surface area (TPSA) is 55.9 Å². The fourth-order valence-electron chi connectivity index (χ4n) is 2.54. The molecule has 0 saturated carbocycles. The van der Waals surface area contributed by atoms with Crippen molar-refractivity contribution in [1.82, 2.24) is 14.9 Å². The highest BCUT2D eigenvalue weighted by Crippen LogP contribution is 2.21. The first kappa shape index (κ1) is 14.4. The molecule has 3 aromatic rings. The molecule has 3 rings (SSSR count). The van der Waals surface area contributed by atoms with E-state index in [-0.39, 0.29) is 0 Å². The summed E-state index contributed by atoms with van der Waals surface area (Å²) in [6, 6.07) is 8.18. The second-order valence-electron chi connectivity index (χ2n) is 5.32. The Morgan fingerprint density at radius 1 is 1.27 bits per heavy atom. The Kier molecular flexibility index (Phi) is 3.96. The second-order valence-corrected chi connectivity index (χ2v) is 5.32. The van der Waals surface area contributed by atoms with Crippen LogP contribution in [0.25, 0.3) is 5.69 Å². The van der Waals surface area contributed by atoms with E-state index in [2.05, 4.69) is 47.6 Å². The van der Waals surface area contributed by atoms with Gasteiger partial charge >= 0.3 is 0 Å². The van der Waals surface area contributed by atoms with Crippen LogP contribution in [0.5, 0.6) is 0 Å². The van der Waals surface area contributed by atoms with Crippen molar-refractivity contribution >= 4 is 5.69 Å². The number of aromatic nitrogens is 3. The summed E-state index contributed by atoms with van der Waals surface area (Å²) in [6.07, 6.45) is 4.60. The Morgan fingerprint density at radius 3 is 2.82 bits per heavy atom. The maximum absolute atomic E-state index is 5.27. The maximum Gasteiger partial charge on any atom is 0.138 e. The summed E-state index contributed by atoms with van der Waals surface area (Å²) in [6.45, 7) is 6.86. The van der Waals surface area contributed by atoms with Gasteiger partial charge in [-0.2, -0.15) is 5.10 Å². The first-order chi connectivity index (χ1) is 10.7. The monoisotopic (exact) mass is 296 g/mol. The number of hydrogen-bond acceptors (Lipinski definition) is 4. The normalized spacial score (nSPS) is 10.9. The lowest BCUT2D eigenvalue weighted by Gasteiger charge is -2.11. The van der Waals surface area contributed by atoms with Crippen molar-refractivity contribution in [2.45, 2.75) is 33.7 Å². The van der Waals surface area contributed by atoms with Crippen molar-refractivity contribution in [3.8, 4) is 5.69 Å². The van der Waals surface area contributed by atoms with Crippen LogP contribution in [0.3, 0.4) is 0 Å². The highest BCUT2D eigenvalue weighted by Gasteiger charge is 2.11. The number of rotatable bonds is 5. The molecular weight excluding hydrogens is 276 g/mol. The average molecular weight is 296 g/mol. The average Bonchev–Trinajstić information content (AvgIpc) is 3.16. The fraction of sp³-hybridized carbons (Fsp3) is 0.294. The third-order valence-electron chi connectivity index (χ3n) is 3.84. The van der Waals surface area contributed by atoms with Crippen molar-refractivity contribution in [2.75, 3.05) is 5.32 Å². The molecule has 5 nitrogen and oxygen atoms in total. The minimum Gasteiger partial charge on any atom is -0.381 e. The molecule has 114 valence electrons. The summed E-state index contributed by atoms with van der Waals surface area (Å²) in [7, 11) is 0. The van der Waals surface area contributed by atoms with Gasteiger partial charge in [0.15, 0.2) is 0 Å². The van der Waals surface area contributed by atoms with Gasteiger partial charge in [-0.15, -0.1) is 0 Å². The van der Waals surface area contributed by atoms with Crippen LogP contribution in [0, 0.1) is 13.8 Å². The molecular formula is C17H20N4O. The van der Waals surface area contributed by atoms with Crippen molar-refractivity contribution < 1.29 is 4.52 Å². The molecule has 0 bridgehead atoms. The summed E-state index contributed by atoms with van der Waals surface area (Å²) in [5.41, 5.74) is 5.52. The molecule has 2 heterocycles. The van der Waals surface area contributed by atoms with Gasteiger partial charge in [-0.1, -0.05) is 12.1 Å². The lowest BCUT2D eigenvalue weighted by Crippen LogP contribution is -2.04. The predicted octanol–water partition coefficient (Wildman–Crippen LogP) is 3.65. The van der Waals surface area contributed by atoms with Crippen LogP contribution < -0.4 is 5.32 Å². The predicted molar refractivity (Wildman–Crippen MR) is 86.2 cm³/mol. The van der Waals surface area contributed by atoms with Crippen molar-refractivity contribution in [3.05, 3.63) is 59.2 Å². The lowest BCUT2D eigenvalue weighted by molar-refractivity contribution is 0.390. The minimum atomic E-state index is 0.723. The van der Waals surface area contributed by atoms with Crippen LogP contribution in [0.15, 0.2) is 41.2 Å². The van der Waals surface area contributed by atoms with E-state index in [4.69, 9.17) is 4.52 Å². The van der Waals surface area contributed by atoms with Gasteiger partial charge in [0.2, 0.25) is 0 Å². The summed E-state index contributed by atoms with van der Waals surface area (Å²) in [4.78, 5) is 0. The number of nitrogens with zero attached hydrogens (tertiary/aromatic N) is 3. The zero-order chi connectivity index (χ0) is 15.5. The van der Waals surface area contributed by atoms with Crippen LogP contribution in [0.4, 0.5) is 5.69 Å². The van der Waals surface area contributed by atoms with Crippen LogP contribution in [0.2, 0.25) is 0 Å². The zero-order valence-electron chi connectivity index (χ0n) is 13.1. The number of aryl methyl sites for hydroxylation is 3. The van der Waals surface area contributed by atoms with Crippen molar-refractivity contribution in [1.29, 1.82) is 0 Å². The molecule has 0 amide bonds. The minimum absolute atomic E-state index is 0.723. The molecule has 2 aromatic heterocycles. The molecule has 5 heteroatoms. The smallest absolute Gasteiger partial charge is 0.138 e. The van der Waals surface area contributed by atoms with Gasteiger partial charge in [0, 0.05) is 30.2 Å². The number of hydrogen-bond donors (Lipinski definition) is 1. The Balaban J connectivity index is 1.77. The van der Waals surface area contributed by atoms with Crippen molar-refractivity contribution in [2.24, 2.45) is 0 Å². The summed E-state index contributed by atoms with van der Waals surface area (Å²) < 4.78 is 7.13. The Bertz CT molecular complexity index is 759. The van der Waals surface area contributed by atoms with E-state index in [1.54, 1.807) is 6.20 Å². The Hall–Kier alpha value is -2.56. The Morgan fingerprint density at radius 2 is 2.14 bits per heavy atom. The number of nitrogens with one attached hydrogen (secondary N) is 1. The molecule has 0 spiro atoms. The van der Waals surface area contributed by atoms with E-state index in [0.717, 1.165) is 41.4 Å². The SMILES string of the molecule is CCc1noc(C)c1CNc1ccc(-n2cccn2)cc1C. The van der Waals surface area contributed by atoms with Crippen LogP contribution in [-0.2, 0) is 13.0 Å². The third-order valence-corrected chi connectivity index (χ3v) is 3.84. The highest BCUT2D eigenvalue weighted by molar-refractivity contribution is 5.55. The van der Waals surface area contributed by atoms with Gasteiger partial charge in [0.05, 0.1) is 11.4 Å². The van der Waals surface area contributed by atoms with E-state index in [0.29, 0.717) is 0 Å². The van der Waals surface area contributed by atoms with Gasteiger partial charge in [0.1, 0.15) is 5.76 Å². The van der Waals surface area contributed by atoms with Gasteiger partial charge in [-0.05, 0) is 50.1 Å². The van der Waals surface area contributed by atoms with Gasteiger partial charge in [-0.3, -0.25) is 0 Å². The van der Waals surface area contributed by atoms with Gasteiger partial charge < -0.3 is 9.84 Å². The van der Waals surface area contributed by atoms with E-state index in [1.807, 2.05) is 23.9 Å². The molecule has 1 aromatic carbocycles. The molecule has 0 unspecified atom stereocenters. The lowest BCUT2D eigenvalue weighted by atomic mass is 10.1. The summed E-state index contributed by atoms with van der Waals surface area (Å²) in [5.74, 6) is 0.884. The van der Waals surface area contributed by atoms with Gasteiger partial charge in [0.25, 0.3) is 0 Å². The molecule has 0 aliphatic carbocycles. The number of anilines is 1. The Labute approximate surface area is 129 Å². The third kappa shape index (κ3) is 2.74. The van der Waals surface area contributed by atoms with Gasteiger partial charge in [-0.25, -0.2) is 4.68 Å². The molecule has 0 fully saturated rings. The van der Waals surface area contributed by atoms with Crippen LogP contribution in [-0.4, -0.2) is 14.9 Å². The van der Waals surface area contributed by atoms with E-state index < -0.39 is 0 Å². The van der Waals surface area contributed by atoms with E-state index >= 15 is 0 Å². The van der Waals surface area contributed by atoms with E-state index in [9.17, 15) is 0 Å². The first-order valence-electron chi connectivity index (χ1n) is 7.47. The second kappa shape index (κ2) is 6.05. The molecule has 0 atom stereocenters. The molecule has 0 saturated heterocycles. The summed E-state index contributed by atoms with van der Waals surface area (Å²) in [5, 5.41) is 11.8. The standard InChI is InChI=1S/C17H20N4O/c1-4-16-15(13(3)22-20-16)11-18-17-7-6-14(10-12(17)2)21-9-5-8-19-21/h5-10,18H,4,11H2,1-3H3. The quantitative estimate of drug-likeness (QED) is 0.781. The molecule has 0 aliphatic heterocycles. The molecule has 0 radical (unpaired) electrons. The fourth-order valence-corrected chi connectivity index (χ4v) is 2.54. The zero-order valence-corrected chi connectivity index (χ0v) is 13.1. The molecule has 1 N–H and O–H groups in total. The maximum atomic E-state index is 5.27. The van der Waals surface area contributed by atoms with Crippen LogP contribution in [0.1, 0.15) is 29.5 Å². The van der Waals surface area contributed by atoms with E-state index in [1.165, 1.54) is 5.56 Å². The molecule has 0 aliphatic rings. The largest absolute Gasteiger partial charge is 0.381 e.